The van der Waals surface area contributed by atoms with Crippen LogP contribution in [-0.2, 0) is 9.53 Å². The Labute approximate surface area is 102 Å². The predicted molar refractivity (Wildman–Crippen MR) is 64.8 cm³/mol. The van der Waals surface area contributed by atoms with Gasteiger partial charge in [0.15, 0.2) is 0 Å². The summed E-state index contributed by atoms with van der Waals surface area (Å²) in [7, 11) is 0. The maximum Gasteiger partial charge on any atom is 0.410 e. The van der Waals surface area contributed by atoms with Gasteiger partial charge in [-0.1, -0.05) is 6.92 Å². The summed E-state index contributed by atoms with van der Waals surface area (Å²) < 4.78 is 5.35. The lowest BCUT2D eigenvalue weighted by Crippen LogP contribution is -2.57. The lowest BCUT2D eigenvalue weighted by molar-refractivity contribution is -0.112. The number of rotatable bonds is 2. The Morgan fingerprint density at radius 1 is 1.53 bits per heavy atom. The van der Waals surface area contributed by atoms with Crippen molar-refractivity contribution in [1.29, 1.82) is 0 Å². The second kappa shape index (κ2) is 5.49. The molecule has 98 valence electrons. The summed E-state index contributed by atoms with van der Waals surface area (Å²) in [5.74, 6) is -0.185. The molecule has 1 rings (SSSR count). The molecule has 1 aliphatic heterocycles. The van der Waals surface area contributed by atoms with E-state index in [9.17, 15) is 9.59 Å². The van der Waals surface area contributed by atoms with Crippen molar-refractivity contribution in [2.75, 3.05) is 19.6 Å². The van der Waals surface area contributed by atoms with Gasteiger partial charge in [-0.3, -0.25) is 0 Å². The smallest absolute Gasteiger partial charge is 0.410 e. The third-order valence-corrected chi connectivity index (χ3v) is 2.73. The van der Waals surface area contributed by atoms with Gasteiger partial charge in [0.1, 0.15) is 11.9 Å². The minimum atomic E-state index is -0.503. The summed E-state index contributed by atoms with van der Waals surface area (Å²) in [5, 5.41) is 3.19. The van der Waals surface area contributed by atoms with E-state index in [4.69, 9.17) is 4.74 Å². The molecule has 1 fully saturated rings. The van der Waals surface area contributed by atoms with E-state index >= 15 is 0 Å². The molecule has 0 aliphatic carbocycles. The number of aldehydes is 1. The average Bonchev–Trinajstić information content (AvgIpc) is 2.25. The number of nitrogens with zero attached hydrogens (tertiary/aromatic N) is 1. The van der Waals surface area contributed by atoms with Crippen LogP contribution in [0.1, 0.15) is 27.7 Å². The zero-order valence-corrected chi connectivity index (χ0v) is 11.0. The maximum absolute atomic E-state index is 12.0. The Morgan fingerprint density at radius 2 is 2.18 bits per heavy atom. The molecule has 17 heavy (non-hydrogen) atoms. The molecule has 0 aromatic carbocycles. The second-order valence-electron chi connectivity index (χ2n) is 5.44. The third-order valence-electron chi connectivity index (χ3n) is 2.73. The van der Waals surface area contributed by atoms with Crippen molar-refractivity contribution < 1.29 is 14.3 Å². The van der Waals surface area contributed by atoms with Crippen LogP contribution in [0, 0.1) is 5.92 Å². The van der Waals surface area contributed by atoms with Gasteiger partial charge in [-0.25, -0.2) is 4.79 Å². The lowest BCUT2D eigenvalue weighted by atomic mass is 10.0. The van der Waals surface area contributed by atoms with Crippen molar-refractivity contribution in [3.63, 3.8) is 0 Å². The molecule has 5 heteroatoms. The maximum atomic E-state index is 12.0. The average molecular weight is 242 g/mol. The zero-order chi connectivity index (χ0) is 13.1. The number of hydrogen-bond acceptors (Lipinski definition) is 4. The molecule has 0 saturated carbocycles. The predicted octanol–water partition coefficient (Wildman–Crippen LogP) is 1.03. The van der Waals surface area contributed by atoms with E-state index in [-0.39, 0.29) is 18.1 Å². The summed E-state index contributed by atoms with van der Waals surface area (Å²) >= 11 is 0. The standard InChI is InChI=1S/C12H22N2O3/c1-9(8-15)10-7-13-5-6-14(10)11(16)17-12(2,3)4/h8-10,13H,5-7H2,1-4H3. The van der Waals surface area contributed by atoms with Crippen molar-refractivity contribution in [1.82, 2.24) is 10.2 Å². The van der Waals surface area contributed by atoms with Crippen LogP contribution >= 0.6 is 0 Å². The summed E-state index contributed by atoms with van der Waals surface area (Å²) in [6.07, 6.45) is 0.549. The van der Waals surface area contributed by atoms with Crippen LogP contribution in [0.5, 0.6) is 0 Å². The van der Waals surface area contributed by atoms with Crippen molar-refractivity contribution in [3.05, 3.63) is 0 Å². The Kier molecular flexibility index (Phi) is 4.51. The highest BCUT2D eigenvalue weighted by molar-refractivity contribution is 5.70. The SMILES string of the molecule is CC(C=O)C1CNCCN1C(=O)OC(C)(C)C. The Hall–Kier alpha value is -1.10. The van der Waals surface area contributed by atoms with Crippen LogP contribution < -0.4 is 5.32 Å². The minimum absolute atomic E-state index is 0.115. The number of hydrogen-bond donors (Lipinski definition) is 1. The van der Waals surface area contributed by atoms with Gasteiger partial charge >= 0.3 is 6.09 Å². The van der Waals surface area contributed by atoms with Gasteiger partial charge in [-0.2, -0.15) is 0 Å². The Morgan fingerprint density at radius 3 is 2.71 bits per heavy atom. The van der Waals surface area contributed by atoms with Gasteiger partial charge in [0.05, 0.1) is 6.04 Å². The van der Waals surface area contributed by atoms with E-state index in [0.717, 1.165) is 12.8 Å². The number of amides is 1. The van der Waals surface area contributed by atoms with Gasteiger partial charge < -0.3 is 19.7 Å². The minimum Gasteiger partial charge on any atom is -0.444 e. The molecule has 0 spiro atoms. The van der Waals surface area contributed by atoms with Gasteiger partial charge in [-0.15, -0.1) is 0 Å². The van der Waals surface area contributed by atoms with E-state index in [1.54, 1.807) is 4.90 Å². The Bertz CT molecular complexity index is 286. The monoisotopic (exact) mass is 242 g/mol. The van der Waals surface area contributed by atoms with Gasteiger partial charge in [-0.05, 0) is 20.8 Å². The first-order valence-electron chi connectivity index (χ1n) is 6.01. The van der Waals surface area contributed by atoms with Crippen molar-refractivity contribution in [2.45, 2.75) is 39.3 Å². The summed E-state index contributed by atoms with van der Waals surface area (Å²) in [6, 6.07) is -0.115. The summed E-state index contributed by atoms with van der Waals surface area (Å²) in [6.45, 7) is 9.29. The highest BCUT2D eigenvalue weighted by atomic mass is 16.6. The van der Waals surface area contributed by atoms with Gasteiger partial charge in [0.25, 0.3) is 0 Å². The number of carbonyl (C=O) groups is 2. The molecule has 1 amide bonds. The van der Waals surface area contributed by atoms with Crippen molar-refractivity contribution in [2.24, 2.45) is 5.92 Å². The first kappa shape index (κ1) is 14.0. The molecule has 0 bridgehead atoms. The molecule has 0 radical (unpaired) electrons. The molecular formula is C12H22N2O3. The molecule has 1 N–H and O–H groups in total. The molecule has 0 aromatic rings. The summed E-state index contributed by atoms with van der Waals surface area (Å²) in [4.78, 5) is 24.5. The largest absolute Gasteiger partial charge is 0.444 e. The van der Waals surface area contributed by atoms with Crippen LogP contribution in [0.2, 0.25) is 0 Å². The summed E-state index contributed by atoms with van der Waals surface area (Å²) in [5.41, 5.74) is -0.503. The molecule has 2 unspecified atom stereocenters. The fourth-order valence-electron chi connectivity index (χ4n) is 1.83. The van der Waals surface area contributed by atoms with Crippen LogP contribution in [0.3, 0.4) is 0 Å². The fraction of sp³-hybridized carbons (Fsp3) is 0.833. The van der Waals surface area contributed by atoms with Crippen LogP contribution in [0.4, 0.5) is 4.79 Å². The van der Waals surface area contributed by atoms with Gasteiger partial charge in [0.2, 0.25) is 0 Å². The van der Waals surface area contributed by atoms with Crippen LogP contribution in [0.15, 0.2) is 0 Å². The molecule has 1 saturated heterocycles. The topological polar surface area (TPSA) is 58.6 Å². The van der Waals surface area contributed by atoms with E-state index < -0.39 is 5.60 Å². The lowest BCUT2D eigenvalue weighted by Gasteiger charge is -2.38. The molecule has 1 aliphatic rings. The number of nitrogens with one attached hydrogen (secondary N) is 1. The van der Waals surface area contributed by atoms with Crippen LogP contribution in [-0.4, -0.2) is 48.6 Å². The zero-order valence-electron chi connectivity index (χ0n) is 11.0. The molecule has 2 atom stereocenters. The number of ether oxygens (including phenoxy) is 1. The molecule has 0 aromatic heterocycles. The first-order valence-corrected chi connectivity index (χ1v) is 6.01. The van der Waals surface area contributed by atoms with Crippen molar-refractivity contribution >= 4 is 12.4 Å². The molecule has 5 nitrogen and oxygen atoms in total. The highest BCUT2D eigenvalue weighted by Crippen LogP contribution is 2.16. The quantitative estimate of drug-likeness (QED) is 0.735. The normalized spacial score (nSPS) is 23.1. The number of piperazine rings is 1. The highest BCUT2D eigenvalue weighted by Gasteiger charge is 2.33. The molecule has 1 heterocycles. The van der Waals surface area contributed by atoms with Gasteiger partial charge in [0, 0.05) is 25.6 Å². The van der Waals surface area contributed by atoms with E-state index in [2.05, 4.69) is 5.32 Å². The third kappa shape index (κ3) is 4.00. The van der Waals surface area contributed by atoms with Crippen LogP contribution in [0.25, 0.3) is 0 Å². The second-order valence-corrected chi connectivity index (χ2v) is 5.44. The van der Waals surface area contributed by atoms with E-state index in [1.807, 2.05) is 27.7 Å². The van der Waals surface area contributed by atoms with E-state index in [0.29, 0.717) is 13.1 Å². The number of carbonyl (C=O) groups excluding carboxylic acids is 2. The Balaban J connectivity index is 2.70. The molecular weight excluding hydrogens is 220 g/mol. The fourth-order valence-corrected chi connectivity index (χ4v) is 1.83. The van der Waals surface area contributed by atoms with E-state index in [1.165, 1.54) is 0 Å². The first-order chi connectivity index (χ1) is 7.85. The van der Waals surface area contributed by atoms with Crippen molar-refractivity contribution in [3.8, 4) is 0 Å².